The van der Waals surface area contributed by atoms with Crippen LogP contribution in [0.15, 0.2) is 28.5 Å². The predicted molar refractivity (Wildman–Crippen MR) is 81.7 cm³/mol. The van der Waals surface area contributed by atoms with Gasteiger partial charge >= 0.3 is 0 Å². The van der Waals surface area contributed by atoms with Crippen molar-refractivity contribution < 1.29 is 8.42 Å². The highest BCUT2D eigenvalue weighted by atomic mass is 32.2. The third kappa shape index (κ3) is 1.99. The van der Waals surface area contributed by atoms with Crippen molar-refractivity contribution >= 4 is 37.9 Å². The first-order valence-corrected chi connectivity index (χ1v) is 8.68. The molecule has 2 heterocycles. The van der Waals surface area contributed by atoms with Crippen LogP contribution < -0.4 is 5.73 Å². The summed E-state index contributed by atoms with van der Waals surface area (Å²) in [5, 5.41) is 1.95. The second-order valence-corrected chi connectivity index (χ2v) is 7.54. The number of nitrogen functional groups attached to an aromatic ring is 1. The minimum Gasteiger partial charge on any atom is -0.397 e. The maximum Gasteiger partial charge on any atom is 0.177 e. The summed E-state index contributed by atoms with van der Waals surface area (Å²) in [6, 6.07) is 5.06. The van der Waals surface area contributed by atoms with E-state index in [1.165, 1.54) is 17.6 Å². The van der Waals surface area contributed by atoms with Crippen molar-refractivity contribution in [1.82, 2.24) is 9.97 Å². The van der Waals surface area contributed by atoms with Gasteiger partial charge in [-0.25, -0.2) is 13.4 Å². The molecule has 7 heteroatoms. The molecule has 3 N–H and O–H groups in total. The van der Waals surface area contributed by atoms with Crippen molar-refractivity contribution in [1.29, 1.82) is 0 Å². The molecular weight excluding hydrogens is 294 g/mol. The van der Waals surface area contributed by atoms with E-state index in [4.69, 9.17) is 5.73 Å². The van der Waals surface area contributed by atoms with Crippen molar-refractivity contribution in [2.24, 2.45) is 0 Å². The first-order chi connectivity index (χ1) is 9.38. The number of aryl methyl sites for hydroxylation is 1. The normalized spacial score (nSPS) is 12.1. The lowest BCUT2D eigenvalue weighted by atomic mass is 10.3. The van der Waals surface area contributed by atoms with Crippen LogP contribution in [0.5, 0.6) is 0 Å². The quantitative estimate of drug-likeness (QED) is 0.761. The summed E-state index contributed by atoms with van der Waals surface area (Å²) in [6.07, 6.45) is 1.18. The van der Waals surface area contributed by atoms with Crippen molar-refractivity contribution in [2.75, 3.05) is 12.0 Å². The average molecular weight is 307 g/mol. The van der Waals surface area contributed by atoms with E-state index in [2.05, 4.69) is 9.97 Å². The lowest BCUT2D eigenvalue weighted by molar-refractivity contribution is 0.602. The number of aromatic nitrogens is 2. The van der Waals surface area contributed by atoms with Gasteiger partial charge in [0, 0.05) is 6.26 Å². The number of nitrogens with zero attached hydrogens (tertiary/aromatic N) is 1. The van der Waals surface area contributed by atoms with Crippen LogP contribution in [0, 0.1) is 6.92 Å². The Kier molecular flexibility index (Phi) is 2.84. The van der Waals surface area contributed by atoms with Gasteiger partial charge in [0.1, 0.15) is 5.52 Å². The molecule has 2 aromatic heterocycles. The van der Waals surface area contributed by atoms with E-state index in [1.807, 2.05) is 12.3 Å². The zero-order valence-corrected chi connectivity index (χ0v) is 12.6. The van der Waals surface area contributed by atoms with Gasteiger partial charge in [0.2, 0.25) is 0 Å². The number of nitrogens with one attached hydrogen (secondary N) is 1. The molecule has 0 saturated heterocycles. The Morgan fingerprint density at radius 1 is 1.35 bits per heavy atom. The molecular formula is C13H13N3O2S2. The van der Waals surface area contributed by atoms with E-state index in [1.54, 1.807) is 18.2 Å². The van der Waals surface area contributed by atoms with Gasteiger partial charge in [-0.3, -0.25) is 0 Å². The highest BCUT2D eigenvalue weighted by Gasteiger charge is 2.17. The summed E-state index contributed by atoms with van der Waals surface area (Å²) in [5.74, 6) is 0.603. The Labute approximate surface area is 120 Å². The lowest BCUT2D eigenvalue weighted by Gasteiger charge is -1.97. The van der Waals surface area contributed by atoms with E-state index in [0.29, 0.717) is 22.5 Å². The number of imidazole rings is 1. The zero-order valence-electron chi connectivity index (χ0n) is 11.0. The van der Waals surface area contributed by atoms with E-state index in [0.717, 1.165) is 10.4 Å². The molecule has 0 spiro atoms. The Morgan fingerprint density at radius 3 is 2.70 bits per heavy atom. The molecule has 5 nitrogen and oxygen atoms in total. The summed E-state index contributed by atoms with van der Waals surface area (Å²) < 4.78 is 23.6. The third-order valence-electron chi connectivity index (χ3n) is 3.11. The van der Waals surface area contributed by atoms with E-state index in [9.17, 15) is 8.42 Å². The third-order valence-corrected chi connectivity index (χ3v) is 5.36. The molecule has 0 atom stereocenters. The Hall–Kier alpha value is -1.86. The molecule has 104 valence electrons. The van der Waals surface area contributed by atoms with Crippen LogP contribution in [-0.4, -0.2) is 24.6 Å². The number of hydrogen-bond donors (Lipinski definition) is 2. The minimum absolute atomic E-state index is 0.226. The van der Waals surface area contributed by atoms with Gasteiger partial charge in [0.05, 0.1) is 21.0 Å². The molecule has 0 amide bonds. The van der Waals surface area contributed by atoms with Gasteiger partial charge in [-0.2, -0.15) is 0 Å². The topological polar surface area (TPSA) is 88.8 Å². The molecule has 0 bridgehead atoms. The summed E-state index contributed by atoms with van der Waals surface area (Å²) in [5.41, 5.74) is 8.83. The number of hydrogen-bond acceptors (Lipinski definition) is 5. The Balaban J connectivity index is 2.29. The number of anilines is 1. The lowest BCUT2D eigenvalue weighted by Crippen LogP contribution is -1.97. The van der Waals surface area contributed by atoms with Crippen molar-refractivity contribution in [3.05, 3.63) is 29.1 Å². The average Bonchev–Trinajstić information content (AvgIpc) is 2.92. The molecule has 0 saturated carbocycles. The molecule has 3 rings (SSSR count). The molecule has 0 unspecified atom stereocenters. The number of fused-ring (bicyclic) bond motifs is 1. The Morgan fingerprint density at radius 2 is 2.10 bits per heavy atom. The van der Waals surface area contributed by atoms with Crippen molar-refractivity contribution in [2.45, 2.75) is 11.8 Å². The molecule has 0 radical (unpaired) electrons. The number of rotatable bonds is 2. The van der Waals surface area contributed by atoms with Gasteiger partial charge < -0.3 is 10.7 Å². The van der Waals surface area contributed by atoms with E-state index in [-0.39, 0.29) is 4.90 Å². The molecule has 0 fully saturated rings. The number of sulfone groups is 1. The van der Waals surface area contributed by atoms with Crippen LogP contribution in [0.25, 0.3) is 21.7 Å². The van der Waals surface area contributed by atoms with Gasteiger partial charge in [0.25, 0.3) is 0 Å². The monoisotopic (exact) mass is 307 g/mol. The zero-order chi connectivity index (χ0) is 14.5. The number of nitrogens with two attached hydrogens (primary N) is 1. The van der Waals surface area contributed by atoms with E-state index < -0.39 is 9.84 Å². The number of aromatic amines is 1. The second-order valence-electron chi connectivity index (χ2n) is 4.67. The first kappa shape index (κ1) is 13.1. The molecule has 3 aromatic rings. The van der Waals surface area contributed by atoms with Gasteiger partial charge in [-0.05, 0) is 30.0 Å². The predicted octanol–water partition coefficient (Wildman–Crippen LogP) is 2.59. The highest BCUT2D eigenvalue weighted by molar-refractivity contribution is 7.91. The highest BCUT2D eigenvalue weighted by Crippen LogP contribution is 2.34. The van der Waals surface area contributed by atoms with Crippen LogP contribution in [-0.2, 0) is 9.84 Å². The summed E-state index contributed by atoms with van der Waals surface area (Å²) in [7, 11) is -3.31. The fraction of sp³-hybridized carbons (Fsp3) is 0.154. The van der Waals surface area contributed by atoms with Gasteiger partial charge in [-0.15, -0.1) is 11.3 Å². The molecule has 20 heavy (non-hydrogen) atoms. The SMILES string of the molecule is Cc1csc(-c2nc3c(S(C)(=O)=O)cccc3[nH]2)c1N. The van der Waals surface area contributed by atoms with Crippen molar-refractivity contribution in [3.63, 3.8) is 0 Å². The fourth-order valence-corrected chi connectivity index (χ4v) is 3.80. The largest absolute Gasteiger partial charge is 0.397 e. The number of para-hydroxylation sites is 1. The maximum atomic E-state index is 11.8. The van der Waals surface area contributed by atoms with Crippen LogP contribution in [0.3, 0.4) is 0 Å². The van der Waals surface area contributed by atoms with Crippen LogP contribution in [0.4, 0.5) is 5.69 Å². The van der Waals surface area contributed by atoms with Crippen LogP contribution in [0.1, 0.15) is 5.56 Å². The standard InChI is InChI=1S/C13H13N3O2S2/c1-7-6-19-12(10(7)14)13-15-8-4-3-5-9(11(8)16-13)20(2,17)18/h3-6H,14H2,1-2H3,(H,15,16). The molecule has 0 aliphatic rings. The smallest absolute Gasteiger partial charge is 0.177 e. The summed E-state index contributed by atoms with van der Waals surface area (Å²) in [6.45, 7) is 1.93. The molecule has 0 aliphatic carbocycles. The first-order valence-electron chi connectivity index (χ1n) is 5.90. The maximum absolute atomic E-state index is 11.8. The second kappa shape index (κ2) is 4.32. The van der Waals surface area contributed by atoms with Gasteiger partial charge in [-0.1, -0.05) is 6.07 Å². The summed E-state index contributed by atoms with van der Waals surface area (Å²) in [4.78, 5) is 8.61. The number of H-pyrrole nitrogens is 1. The molecule has 1 aromatic carbocycles. The van der Waals surface area contributed by atoms with Crippen LogP contribution in [0.2, 0.25) is 0 Å². The fourth-order valence-electron chi connectivity index (χ4n) is 2.05. The molecule has 0 aliphatic heterocycles. The Bertz CT molecular complexity index is 907. The minimum atomic E-state index is -3.31. The van der Waals surface area contributed by atoms with Crippen LogP contribution >= 0.6 is 11.3 Å². The van der Waals surface area contributed by atoms with E-state index >= 15 is 0 Å². The number of thiophene rings is 1. The summed E-state index contributed by atoms with van der Waals surface area (Å²) >= 11 is 1.49. The van der Waals surface area contributed by atoms with Gasteiger partial charge in [0.15, 0.2) is 15.7 Å². The van der Waals surface area contributed by atoms with Crippen molar-refractivity contribution in [3.8, 4) is 10.7 Å². The number of benzene rings is 1.